The number of methoxy groups -OCH3 is 1. The number of carbonyl (C=O) groups is 1. The second kappa shape index (κ2) is 7.15. The van der Waals surface area contributed by atoms with Crippen LogP contribution in [0.2, 0.25) is 5.15 Å². The standard InChI is InChI=1S/C11H17ClN4O2/c1-3-16(4-5-18-2)11(17)8-6-9(12)14-10(7-8)15-13/h6-7H,3-5,13H2,1-2H3,(H,14,15). The normalized spacial score (nSPS) is 10.2. The quantitative estimate of drug-likeness (QED) is 0.461. The Morgan fingerprint density at radius 2 is 2.33 bits per heavy atom. The Kier molecular flexibility index (Phi) is 5.84. The molecule has 1 aromatic rings. The van der Waals surface area contributed by atoms with E-state index in [-0.39, 0.29) is 11.1 Å². The van der Waals surface area contributed by atoms with Gasteiger partial charge in [0.15, 0.2) is 0 Å². The number of anilines is 1. The summed E-state index contributed by atoms with van der Waals surface area (Å²) >= 11 is 5.82. The van der Waals surface area contributed by atoms with Crippen molar-refractivity contribution in [2.75, 3.05) is 32.2 Å². The summed E-state index contributed by atoms with van der Waals surface area (Å²) in [6.07, 6.45) is 0. The molecular weight excluding hydrogens is 256 g/mol. The monoisotopic (exact) mass is 272 g/mol. The summed E-state index contributed by atoms with van der Waals surface area (Å²) in [5.74, 6) is 5.49. The lowest BCUT2D eigenvalue weighted by molar-refractivity contribution is 0.0706. The maximum Gasteiger partial charge on any atom is 0.254 e. The lowest BCUT2D eigenvalue weighted by Gasteiger charge is -2.20. The lowest BCUT2D eigenvalue weighted by Crippen LogP contribution is -2.33. The topological polar surface area (TPSA) is 80.5 Å². The van der Waals surface area contributed by atoms with Crippen LogP contribution in [0.1, 0.15) is 17.3 Å². The van der Waals surface area contributed by atoms with Crippen molar-refractivity contribution in [3.63, 3.8) is 0 Å². The first-order valence-electron chi connectivity index (χ1n) is 5.54. The molecule has 18 heavy (non-hydrogen) atoms. The first kappa shape index (κ1) is 14.7. The van der Waals surface area contributed by atoms with Crippen molar-refractivity contribution in [2.24, 2.45) is 5.84 Å². The van der Waals surface area contributed by atoms with Gasteiger partial charge in [0, 0.05) is 25.8 Å². The fourth-order valence-corrected chi connectivity index (χ4v) is 1.69. The molecule has 0 saturated carbocycles. The molecule has 1 rings (SSSR count). The highest BCUT2D eigenvalue weighted by molar-refractivity contribution is 6.29. The van der Waals surface area contributed by atoms with Crippen molar-refractivity contribution < 1.29 is 9.53 Å². The highest BCUT2D eigenvalue weighted by Gasteiger charge is 2.15. The van der Waals surface area contributed by atoms with Crippen LogP contribution in [0.15, 0.2) is 12.1 Å². The van der Waals surface area contributed by atoms with Gasteiger partial charge in [0.25, 0.3) is 5.91 Å². The summed E-state index contributed by atoms with van der Waals surface area (Å²) < 4.78 is 4.96. The van der Waals surface area contributed by atoms with Gasteiger partial charge in [-0.2, -0.15) is 0 Å². The average molecular weight is 273 g/mol. The van der Waals surface area contributed by atoms with E-state index in [9.17, 15) is 4.79 Å². The molecule has 0 spiro atoms. The number of amides is 1. The number of hydrogen-bond acceptors (Lipinski definition) is 5. The summed E-state index contributed by atoms with van der Waals surface area (Å²) in [7, 11) is 1.60. The summed E-state index contributed by atoms with van der Waals surface area (Å²) in [4.78, 5) is 17.8. The van der Waals surface area contributed by atoms with E-state index >= 15 is 0 Å². The van der Waals surface area contributed by atoms with Crippen LogP contribution in [0, 0.1) is 0 Å². The van der Waals surface area contributed by atoms with Gasteiger partial charge < -0.3 is 15.1 Å². The molecule has 0 aromatic carbocycles. The number of likely N-dealkylation sites (N-methyl/N-ethyl adjacent to an activating group) is 1. The third kappa shape index (κ3) is 3.83. The SMILES string of the molecule is CCN(CCOC)C(=O)c1cc(Cl)nc(NN)c1. The highest BCUT2D eigenvalue weighted by atomic mass is 35.5. The molecule has 0 bridgehead atoms. The Labute approximate surface area is 111 Å². The molecular formula is C11H17ClN4O2. The molecule has 3 N–H and O–H groups in total. The van der Waals surface area contributed by atoms with Gasteiger partial charge in [-0.3, -0.25) is 4.79 Å². The molecule has 0 atom stereocenters. The molecule has 0 unspecified atom stereocenters. The Balaban J connectivity index is 2.90. The number of rotatable bonds is 6. The first-order chi connectivity index (χ1) is 8.62. The number of halogens is 1. The van der Waals surface area contributed by atoms with E-state index in [0.29, 0.717) is 31.1 Å². The van der Waals surface area contributed by atoms with Gasteiger partial charge in [-0.15, -0.1) is 0 Å². The number of aromatic nitrogens is 1. The smallest absolute Gasteiger partial charge is 0.254 e. The largest absolute Gasteiger partial charge is 0.383 e. The van der Waals surface area contributed by atoms with E-state index in [2.05, 4.69) is 10.4 Å². The second-order valence-corrected chi connectivity index (χ2v) is 3.97. The van der Waals surface area contributed by atoms with Crippen LogP contribution in [0.25, 0.3) is 0 Å². The highest BCUT2D eigenvalue weighted by Crippen LogP contribution is 2.15. The number of hydrogen-bond donors (Lipinski definition) is 2. The van der Waals surface area contributed by atoms with Gasteiger partial charge >= 0.3 is 0 Å². The van der Waals surface area contributed by atoms with E-state index in [1.165, 1.54) is 6.07 Å². The Bertz CT molecular complexity index is 414. The van der Waals surface area contributed by atoms with E-state index in [1.54, 1.807) is 18.1 Å². The van der Waals surface area contributed by atoms with Gasteiger partial charge in [-0.1, -0.05) is 11.6 Å². The summed E-state index contributed by atoms with van der Waals surface area (Å²) in [6.45, 7) is 3.50. The van der Waals surface area contributed by atoms with Crippen molar-refractivity contribution in [2.45, 2.75) is 6.92 Å². The van der Waals surface area contributed by atoms with Crippen LogP contribution in [0.4, 0.5) is 5.82 Å². The van der Waals surface area contributed by atoms with Crippen molar-refractivity contribution >= 4 is 23.3 Å². The number of pyridine rings is 1. The van der Waals surface area contributed by atoms with Crippen LogP contribution < -0.4 is 11.3 Å². The molecule has 1 heterocycles. The number of carbonyl (C=O) groups excluding carboxylic acids is 1. The number of ether oxygens (including phenoxy) is 1. The predicted octanol–water partition coefficient (Wildman–Crippen LogP) is 1.13. The number of nitrogens with one attached hydrogen (secondary N) is 1. The fourth-order valence-electron chi connectivity index (χ4n) is 1.48. The van der Waals surface area contributed by atoms with E-state index in [4.69, 9.17) is 22.2 Å². The Morgan fingerprint density at radius 3 is 2.89 bits per heavy atom. The predicted molar refractivity (Wildman–Crippen MR) is 70.5 cm³/mol. The molecule has 1 amide bonds. The molecule has 0 aliphatic carbocycles. The Morgan fingerprint density at radius 1 is 1.61 bits per heavy atom. The van der Waals surface area contributed by atoms with E-state index in [1.807, 2.05) is 6.92 Å². The molecule has 6 nitrogen and oxygen atoms in total. The molecule has 7 heteroatoms. The van der Waals surface area contributed by atoms with Crippen LogP contribution in [-0.4, -0.2) is 42.6 Å². The minimum atomic E-state index is -0.129. The molecule has 1 aromatic heterocycles. The average Bonchev–Trinajstić information content (AvgIpc) is 2.38. The van der Waals surface area contributed by atoms with Crippen molar-refractivity contribution in [1.82, 2.24) is 9.88 Å². The zero-order chi connectivity index (χ0) is 13.5. The first-order valence-corrected chi connectivity index (χ1v) is 5.92. The van der Waals surface area contributed by atoms with Gasteiger partial charge in [0.2, 0.25) is 0 Å². The van der Waals surface area contributed by atoms with Crippen LogP contribution >= 0.6 is 11.6 Å². The zero-order valence-electron chi connectivity index (χ0n) is 10.4. The Hall–Kier alpha value is -1.37. The molecule has 0 fully saturated rings. The minimum Gasteiger partial charge on any atom is -0.383 e. The zero-order valence-corrected chi connectivity index (χ0v) is 11.2. The molecule has 0 saturated heterocycles. The maximum atomic E-state index is 12.2. The number of hydrazine groups is 1. The second-order valence-electron chi connectivity index (χ2n) is 3.59. The molecule has 0 aliphatic rings. The van der Waals surface area contributed by atoms with Gasteiger partial charge in [0.1, 0.15) is 11.0 Å². The van der Waals surface area contributed by atoms with Crippen LogP contribution in [0.3, 0.4) is 0 Å². The number of nitrogens with two attached hydrogens (primary N) is 1. The summed E-state index contributed by atoms with van der Waals surface area (Å²) in [5, 5.41) is 0.219. The number of nitrogen functional groups attached to an aromatic ring is 1. The van der Waals surface area contributed by atoms with Gasteiger partial charge in [0.05, 0.1) is 6.61 Å². The van der Waals surface area contributed by atoms with Crippen LogP contribution in [0.5, 0.6) is 0 Å². The number of nitrogens with zero attached hydrogens (tertiary/aromatic N) is 2. The van der Waals surface area contributed by atoms with Crippen LogP contribution in [-0.2, 0) is 4.74 Å². The molecule has 0 aliphatic heterocycles. The molecule has 100 valence electrons. The summed E-state index contributed by atoms with van der Waals surface area (Å²) in [5.41, 5.74) is 2.82. The lowest BCUT2D eigenvalue weighted by atomic mass is 10.2. The van der Waals surface area contributed by atoms with E-state index < -0.39 is 0 Å². The van der Waals surface area contributed by atoms with Gasteiger partial charge in [-0.25, -0.2) is 10.8 Å². The summed E-state index contributed by atoms with van der Waals surface area (Å²) in [6, 6.07) is 3.07. The van der Waals surface area contributed by atoms with Crippen molar-refractivity contribution in [1.29, 1.82) is 0 Å². The minimum absolute atomic E-state index is 0.129. The maximum absolute atomic E-state index is 12.2. The van der Waals surface area contributed by atoms with Crippen molar-refractivity contribution in [3.05, 3.63) is 22.8 Å². The fraction of sp³-hybridized carbons (Fsp3) is 0.455. The van der Waals surface area contributed by atoms with E-state index in [0.717, 1.165) is 0 Å². The van der Waals surface area contributed by atoms with Gasteiger partial charge in [-0.05, 0) is 19.1 Å². The molecule has 0 radical (unpaired) electrons. The van der Waals surface area contributed by atoms with Crippen molar-refractivity contribution in [3.8, 4) is 0 Å². The third-order valence-corrected chi connectivity index (χ3v) is 2.62. The third-order valence-electron chi connectivity index (χ3n) is 2.42.